The van der Waals surface area contributed by atoms with Gasteiger partial charge in [0.25, 0.3) is 0 Å². The minimum Gasteiger partial charge on any atom is -0.393 e. The molecule has 0 saturated heterocycles. The number of hydrogen-bond donors (Lipinski definition) is 3. The Hall–Kier alpha value is -0.450. The number of aliphatic hydroxyl groups is 3. The summed E-state index contributed by atoms with van der Waals surface area (Å²) in [5.74, 6) is -0.652. The second-order valence-electron chi connectivity index (χ2n) is 2.22. The number of aliphatic hydroxyl groups excluding tert-OH is 3. The Kier molecular flexibility index (Phi) is 4.18. The molecule has 0 aliphatic carbocycles. The van der Waals surface area contributed by atoms with E-state index in [2.05, 4.69) is 0 Å². The predicted octanol–water partition coefficient (Wildman–Crippen LogP) is -1.32. The molecule has 0 unspecified atom stereocenters. The quantitative estimate of drug-likeness (QED) is 0.462. The van der Waals surface area contributed by atoms with Gasteiger partial charge in [-0.1, -0.05) is 0 Å². The Morgan fingerprint density at radius 2 is 2.00 bits per heavy atom. The average Bonchev–Trinajstić information content (AvgIpc) is 1.85. The standard InChI is InChI=1S/C6H12O4/c1-4(8)2-5(9)6(10)3-7/h4-5,7-9H,2-3H2,1H3/t4-,5-/m0/s1. The van der Waals surface area contributed by atoms with Gasteiger partial charge in [-0.15, -0.1) is 0 Å². The molecule has 0 aromatic rings. The molecule has 4 heteroatoms. The third kappa shape index (κ3) is 3.55. The lowest BCUT2D eigenvalue weighted by atomic mass is 10.1. The Balaban J connectivity index is 3.61. The molecule has 0 heterocycles. The third-order valence-corrected chi connectivity index (χ3v) is 1.09. The monoisotopic (exact) mass is 148 g/mol. The van der Waals surface area contributed by atoms with E-state index in [0.29, 0.717) is 0 Å². The summed E-state index contributed by atoms with van der Waals surface area (Å²) in [6, 6.07) is 0. The third-order valence-electron chi connectivity index (χ3n) is 1.09. The second kappa shape index (κ2) is 4.38. The minimum atomic E-state index is -1.23. The van der Waals surface area contributed by atoms with Gasteiger partial charge in [-0.05, 0) is 6.92 Å². The van der Waals surface area contributed by atoms with Gasteiger partial charge in [-0.2, -0.15) is 0 Å². The van der Waals surface area contributed by atoms with Gasteiger partial charge >= 0.3 is 0 Å². The number of Topliss-reactive ketones (excluding diaryl/α,β-unsaturated/α-hetero) is 1. The van der Waals surface area contributed by atoms with Crippen LogP contribution in [0.5, 0.6) is 0 Å². The van der Waals surface area contributed by atoms with E-state index < -0.39 is 24.6 Å². The Labute approximate surface area is 59.1 Å². The molecule has 0 radical (unpaired) electrons. The van der Waals surface area contributed by atoms with E-state index in [1.54, 1.807) is 0 Å². The van der Waals surface area contributed by atoms with Crippen LogP contribution in [0.3, 0.4) is 0 Å². The maximum absolute atomic E-state index is 10.4. The van der Waals surface area contributed by atoms with Crippen molar-refractivity contribution in [1.29, 1.82) is 0 Å². The first kappa shape index (κ1) is 9.55. The molecule has 2 atom stereocenters. The topological polar surface area (TPSA) is 77.8 Å². The highest BCUT2D eigenvalue weighted by molar-refractivity contribution is 5.83. The van der Waals surface area contributed by atoms with Gasteiger partial charge in [0.05, 0.1) is 6.10 Å². The number of ketones is 1. The first-order valence-corrected chi connectivity index (χ1v) is 3.07. The molecular formula is C6H12O4. The number of carbonyl (C=O) groups excluding carboxylic acids is 1. The van der Waals surface area contributed by atoms with Crippen LogP contribution >= 0.6 is 0 Å². The zero-order chi connectivity index (χ0) is 8.15. The normalized spacial score (nSPS) is 16.4. The molecule has 10 heavy (non-hydrogen) atoms. The highest BCUT2D eigenvalue weighted by atomic mass is 16.3. The molecule has 3 N–H and O–H groups in total. The molecule has 60 valence electrons. The van der Waals surface area contributed by atoms with E-state index in [4.69, 9.17) is 15.3 Å². The summed E-state index contributed by atoms with van der Waals surface area (Å²) in [5.41, 5.74) is 0. The van der Waals surface area contributed by atoms with E-state index in [1.165, 1.54) is 6.92 Å². The van der Waals surface area contributed by atoms with Crippen molar-refractivity contribution < 1.29 is 20.1 Å². The molecule has 0 fully saturated rings. The molecule has 4 nitrogen and oxygen atoms in total. The maximum atomic E-state index is 10.4. The van der Waals surface area contributed by atoms with Gasteiger partial charge in [0.1, 0.15) is 12.7 Å². The zero-order valence-corrected chi connectivity index (χ0v) is 5.82. The first-order valence-electron chi connectivity index (χ1n) is 3.07. The van der Waals surface area contributed by atoms with Gasteiger partial charge in [-0.25, -0.2) is 0 Å². The van der Waals surface area contributed by atoms with Crippen molar-refractivity contribution in [1.82, 2.24) is 0 Å². The van der Waals surface area contributed by atoms with E-state index >= 15 is 0 Å². The fraction of sp³-hybridized carbons (Fsp3) is 0.833. The van der Waals surface area contributed by atoms with Gasteiger partial charge in [0, 0.05) is 6.42 Å². The van der Waals surface area contributed by atoms with Crippen LogP contribution in [0.15, 0.2) is 0 Å². The van der Waals surface area contributed by atoms with Crippen LogP contribution in [0.1, 0.15) is 13.3 Å². The molecule has 0 bridgehead atoms. The van der Waals surface area contributed by atoms with Gasteiger partial charge in [-0.3, -0.25) is 4.79 Å². The molecule has 0 saturated carbocycles. The van der Waals surface area contributed by atoms with Crippen LogP contribution in [0, 0.1) is 0 Å². The lowest BCUT2D eigenvalue weighted by Crippen LogP contribution is -2.26. The summed E-state index contributed by atoms with van der Waals surface area (Å²) in [5, 5.41) is 25.7. The molecule has 0 spiro atoms. The van der Waals surface area contributed by atoms with Crippen LogP contribution in [0.4, 0.5) is 0 Å². The van der Waals surface area contributed by atoms with Crippen molar-refractivity contribution in [3.63, 3.8) is 0 Å². The zero-order valence-electron chi connectivity index (χ0n) is 5.82. The van der Waals surface area contributed by atoms with Crippen LogP contribution in [-0.4, -0.2) is 39.9 Å². The molecule has 0 aromatic heterocycles. The Bertz CT molecular complexity index is 110. The second-order valence-corrected chi connectivity index (χ2v) is 2.22. The summed E-state index contributed by atoms with van der Waals surface area (Å²) in [7, 11) is 0. The first-order chi connectivity index (χ1) is 4.57. The van der Waals surface area contributed by atoms with Crippen LogP contribution < -0.4 is 0 Å². The summed E-state index contributed by atoms with van der Waals surface area (Å²) in [4.78, 5) is 10.4. The van der Waals surface area contributed by atoms with E-state index in [9.17, 15) is 4.79 Å². The minimum absolute atomic E-state index is 0.0145. The van der Waals surface area contributed by atoms with Crippen molar-refractivity contribution in [3.05, 3.63) is 0 Å². The number of rotatable bonds is 4. The smallest absolute Gasteiger partial charge is 0.186 e. The maximum Gasteiger partial charge on any atom is 0.186 e. The summed E-state index contributed by atoms with van der Waals surface area (Å²) in [6.07, 6.45) is -1.96. The van der Waals surface area contributed by atoms with Crippen LogP contribution in [-0.2, 0) is 4.79 Å². The largest absolute Gasteiger partial charge is 0.393 e. The summed E-state index contributed by atoms with van der Waals surface area (Å²) >= 11 is 0. The van der Waals surface area contributed by atoms with Crippen molar-refractivity contribution >= 4 is 5.78 Å². The van der Waals surface area contributed by atoms with Gasteiger partial charge < -0.3 is 15.3 Å². The summed E-state index contributed by atoms with van der Waals surface area (Å²) in [6.45, 7) is 0.793. The van der Waals surface area contributed by atoms with Crippen LogP contribution in [0.2, 0.25) is 0 Å². The van der Waals surface area contributed by atoms with Crippen LogP contribution in [0.25, 0.3) is 0 Å². The average molecular weight is 148 g/mol. The highest BCUT2D eigenvalue weighted by Crippen LogP contribution is 1.97. The van der Waals surface area contributed by atoms with E-state index in [0.717, 1.165) is 0 Å². The molecule has 0 rings (SSSR count). The van der Waals surface area contributed by atoms with E-state index in [-0.39, 0.29) is 6.42 Å². The van der Waals surface area contributed by atoms with Gasteiger partial charge in [0.15, 0.2) is 5.78 Å². The number of hydrogen-bond acceptors (Lipinski definition) is 4. The van der Waals surface area contributed by atoms with Crippen molar-refractivity contribution in [2.24, 2.45) is 0 Å². The number of carbonyl (C=O) groups is 1. The molecule has 0 aromatic carbocycles. The lowest BCUT2D eigenvalue weighted by molar-refractivity contribution is -0.131. The fourth-order valence-electron chi connectivity index (χ4n) is 0.560. The molecular weight excluding hydrogens is 136 g/mol. The summed E-state index contributed by atoms with van der Waals surface area (Å²) < 4.78 is 0. The Morgan fingerprint density at radius 1 is 1.50 bits per heavy atom. The SMILES string of the molecule is C[C@H](O)C[C@H](O)C(=O)CO. The van der Waals surface area contributed by atoms with Crippen molar-refractivity contribution in [3.8, 4) is 0 Å². The fourth-order valence-corrected chi connectivity index (χ4v) is 0.560. The molecule has 0 amide bonds. The Morgan fingerprint density at radius 3 is 2.30 bits per heavy atom. The molecule has 0 aliphatic rings. The van der Waals surface area contributed by atoms with Gasteiger partial charge in [0.2, 0.25) is 0 Å². The predicted molar refractivity (Wildman–Crippen MR) is 34.4 cm³/mol. The highest BCUT2D eigenvalue weighted by Gasteiger charge is 2.15. The van der Waals surface area contributed by atoms with Crippen molar-refractivity contribution in [2.75, 3.05) is 6.61 Å². The lowest BCUT2D eigenvalue weighted by Gasteiger charge is -2.08. The van der Waals surface area contributed by atoms with E-state index in [1.807, 2.05) is 0 Å². The van der Waals surface area contributed by atoms with Crippen molar-refractivity contribution in [2.45, 2.75) is 25.6 Å². The molecule has 0 aliphatic heterocycles.